The number of halogens is 1. The van der Waals surface area contributed by atoms with Crippen LogP contribution < -0.4 is 11.1 Å². The number of carbonyl (C=O) groups excluding carboxylic acids is 1. The van der Waals surface area contributed by atoms with E-state index >= 15 is 0 Å². The molecule has 1 aromatic carbocycles. The molecule has 0 unspecified atom stereocenters. The van der Waals surface area contributed by atoms with Crippen molar-refractivity contribution in [3.8, 4) is 0 Å². The summed E-state index contributed by atoms with van der Waals surface area (Å²) in [4.78, 5) is 16.9. The maximum Gasteiger partial charge on any atom is 0.265 e. The van der Waals surface area contributed by atoms with Gasteiger partial charge in [0, 0.05) is 16.6 Å². The molecule has 21 heavy (non-hydrogen) atoms. The van der Waals surface area contributed by atoms with E-state index in [1.165, 1.54) is 11.3 Å². The summed E-state index contributed by atoms with van der Waals surface area (Å²) in [5, 5.41) is 4.02. The van der Waals surface area contributed by atoms with Crippen LogP contribution in [0.3, 0.4) is 0 Å². The third-order valence-corrected chi connectivity index (χ3v) is 4.40. The van der Waals surface area contributed by atoms with Crippen molar-refractivity contribution in [1.29, 1.82) is 0 Å². The van der Waals surface area contributed by atoms with E-state index < -0.39 is 0 Å². The predicted octanol–water partition coefficient (Wildman–Crippen LogP) is 4.09. The van der Waals surface area contributed by atoms with Gasteiger partial charge >= 0.3 is 0 Å². The van der Waals surface area contributed by atoms with Crippen LogP contribution in [0.15, 0.2) is 36.5 Å². The van der Waals surface area contributed by atoms with Crippen molar-refractivity contribution >= 4 is 50.3 Å². The van der Waals surface area contributed by atoms with E-state index in [1.54, 1.807) is 12.3 Å². The van der Waals surface area contributed by atoms with Gasteiger partial charge in [-0.05, 0) is 48.2 Å². The van der Waals surface area contributed by atoms with Gasteiger partial charge in [0.1, 0.15) is 0 Å². The highest BCUT2D eigenvalue weighted by Gasteiger charge is 2.13. The molecule has 0 saturated carbocycles. The minimum atomic E-state index is -0.205. The summed E-state index contributed by atoms with van der Waals surface area (Å²) in [5.41, 5.74) is 7.87. The van der Waals surface area contributed by atoms with Crippen molar-refractivity contribution in [2.24, 2.45) is 0 Å². The molecule has 0 fully saturated rings. The largest absolute Gasteiger partial charge is 0.399 e. The van der Waals surface area contributed by atoms with Crippen LogP contribution in [-0.2, 0) is 0 Å². The average molecular weight is 318 g/mol. The Kier molecular flexibility index (Phi) is 3.53. The Morgan fingerprint density at radius 3 is 2.95 bits per heavy atom. The van der Waals surface area contributed by atoms with Crippen molar-refractivity contribution in [2.75, 3.05) is 11.1 Å². The van der Waals surface area contributed by atoms with Crippen LogP contribution in [0.5, 0.6) is 0 Å². The standard InChI is InChI=1S/C15H12ClN3OS/c1-8-4-11(14(16)18-7-8)19-15(20)13-6-9-5-10(17)2-3-12(9)21-13/h2-7H,17H2,1H3,(H,19,20). The van der Waals surface area contributed by atoms with Gasteiger partial charge in [-0.3, -0.25) is 4.79 Å². The number of nitrogens with one attached hydrogen (secondary N) is 1. The third kappa shape index (κ3) is 2.84. The molecule has 3 N–H and O–H groups in total. The van der Waals surface area contributed by atoms with Crippen LogP contribution in [0.4, 0.5) is 11.4 Å². The summed E-state index contributed by atoms with van der Waals surface area (Å²) in [7, 11) is 0. The van der Waals surface area contributed by atoms with Gasteiger partial charge < -0.3 is 11.1 Å². The Hall–Kier alpha value is -2.11. The van der Waals surface area contributed by atoms with Gasteiger partial charge in [0.15, 0.2) is 5.15 Å². The van der Waals surface area contributed by atoms with E-state index in [4.69, 9.17) is 17.3 Å². The van der Waals surface area contributed by atoms with Crippen molar-refractivity contribution in [3.63, 3.8) is 0 Å². The molecular weight excluding hydrogens is 306 g/mol. The number of pyridine rings is 1. The number of rotatable bonds is 2. The van der Waals surface area contributed by atoms with Crippen molar-refractivity contribution in [2.45, 2.75) is 6.92 Å². The molecule has 0 aliphatic carbocycles. The molecule has 106 valence electrons. The van der Waals surface area contributed by atoms with Gasteiger partial charge in [-0.2, -0.15) is 0 Å². The van der Waals surface area contributed by atoms with Crippen molar-refractivity contribution in [3.05, 3.63) is 52.1 Å². The summed E-state index contributed by atoms with van der Waals surface area (Å²) < 4.78 is 1.02. The number of carbonyl (C=O) groups is 1. The van der Waals surface area contributed by atoms with E-state index in [2.05, 4.69) is 10.3 Å². The zero-order chi connectivity index (χ0) is 15.0. The lowest BCUT2D eigenvalue weighted by Gasteiger charge is -2.05. The maximum absolute atomic E-state index is 12.3. The molecule has 0 aliphatic heterocycles. The summed E-state index contributed by atoms with van der Waals surface area (Å²) >= 11 is 7.40. The molecule has 4 nitrogen and oxygen atoms in total. The Balaban J connectivity index is 1.91. The fraction of sp³-hybridized carbons (Fsp3) is 0.0667. The number of nitrogens with zero attached hydrogens (tertiary/aromatic N) is 1. The van der Waals surface area contributed by atoms with Crippen LogP contribution in [0.2, 0.25) is 5.15 Å². The monoisotopic (exact) mass is 317 g/mol. The van der Waals surface area contributed by atoms with E-state index in [-0.39, 0.29) is 11.1 Å². The van der Waals surface area contributed by atoms with Crippen LogP contribution in [0.1, 0.15) is 15.2 Å². The minimum Gasteiger partial charge on any atom is -0.399 e. The van der Waals surface area contributed by atoms with Gasteiger partial charge in [-0.1, -0.05) is 11.6 Å². The van der Waals surface area contributed by atoms with Crippen LogP contribution in [-0.4, -0.2) is 10.9 Å². The number of hydrogen-bond donors (Lipinski definition) is 2. The molecule has 0 bridgehead atoms. The highest BCUT2D eigenvalue weighted by molar-refractivity contribution is 7.20. The molecular formula is C15H12ClN3OS. The Morgan fingerprint density at radius 2 is 2.14 bits per heavy atom. The fourth-order valence-electron chi connectivity index (χ4n) is 2.00. The molecule has 1 amide bonds. The molecule has 0 saturated heterocycles. The third-order valence-electron chi connectivity index (χ3n) is 2.99. The first-order valence-corrected chi connectivity index (χ1v) is 7.45. The fourth-order valence-corrected chi connectivity index (χ4v) is 3.09. The average Bonchev–Trinajstić information content (AvgIpc) is 2.86. The second kappa shape index (κ2) is 5.35. The van der Waals surface area contributed by atoms with E-state index in [0.29, 0.717) is 16.3 Å². The first kappa shape index (κ1) is 13.9. The highest BCUT2D eigenvalue weighted by atomic mass is 35.5. The molecule has 0 atom stereocenters. The van der Waals surface area contributed by atoms with Crippen LogP contribution in [0, 0.1) is 6.92 Å². The van der Waals surface area contributed by atoms with Gasteiger partial charge in [0.25, 0.3) is 5.91 Å². The first-order chi connectivity index (χ1) is 10.0. The molecule has 0 spiro atoms. The second-order valence-electron chi connectivity index (χ2n) is 4.71. The normalized spacial score (nSPS) is 10.8. The maximum atomic E-state index is 12.3. The predicted molar refractivity (Wildman–Crippen MR) is 88.2 cm³/mol. The number of anilines is 2. The highest BCUT2D eigenvalue weighted by Crippen LogP contribution is 2.28. The number of hydrogen-bond acceptors (Lipinski definition) is 4. The smallest absolute Gasteiger partial charge is 0.265 e. The molecule has 0 radical (unpaired) electrons. The second-order valence-corrected chi connectivity index (χ2v) is 6.15. The van der Waals surface area contributed by atoms with E-state index in [0.717, 1.165) is 15.6 Å². The van der Waals surface area contributed by atoms with Crippen LogP contribution >= 0.6 is 22.9 Å². The van der Waals surface area contributed by atoms with Crippen LogP contribution in [0.25, 0.3) is 10.1 Å². The van der Waals surface area contributed by atoms with E-state index in [9.17, 15) is 4.79 Å². The SMILES string of the molecule is Cc1cnc(Cl)c(NC(=O)c2cc3cc(N)ccc3s2)c1. The summed E-state index contributed by atoms with van der Waals surface area (Å²) in [6.07, 6.45) is 1.65. The number of aromatic nitrogens is 1. The van der Waals surface area contributed by atoms with Gasteiger partial charge in [0.2, 0.25) is 0 Å². The number of thiophene rings is 1. The number of benzene rings is 1. The minimum absolute atomic E-state index is 0.205. The lowest BCUT2D eigenvalue weighted by molar-refractivity contribution is 0.103. The zero-order valence-electron chi connectivity index (χ0n) is 11.2. The van der Waals surface area contributed by atoms with Crippen molar-refractivity contribution < 1.29 is 4.79 Å². The Morgan fingerprint density at radius 1 is 1.33 bits per heavy atom. The van der Waals surface area contributed by atoms with Gasteiger partial charge in [-0.15, -0.1) is 11.3 Å². The number of nitrogen functional groups attached to an aromatic ring is 1. The molecule has 2 aromatic heterocycles. The molecule has 3 aromatic rings. The Bertz CT molecular complexity index is 844. The summed E-state index contributed by atoms with van der Waals surface area (Å²) in [5.74, 6) is -0.205. The first-order valence-electron chi connectivity index (χ1n) is 6.25. The molecule has 3 rings (SSSR count). The van der Waals surface area contributed by atoms with Crippen molar-refractivity contribution in [1.82, 2.24) is 4.98 Å². The quantitative estimate of drug-likeness (QED) is 0.552. The Labute approximate surface area is 130 Å². The lowest BCUT2D eigenvalue weighted by Crippen LogP contribution is -2.11. The zero-order valence-corrected chi connectivity index (χ0v) is 12.8. The number of nitrogens with two attached hydrogens (primary N) is 1. The van der Waals surface area contributed by atoms with E-state index in [1.807, 2.05) is 31.2 Å². The van der Waals surface area contributed by atoms with Gasteiger partial charge in [-0.25, -0.2) is 4.98 Å². The molecule has 6 heteroatoms. The molecule has 2 heterocycles. The number of aryl methyl sites for hydroxylation is 1. The number of fused-ring (bicyclic) bond motifs is 1. The number of amides is 1. The lowest BCUT2D eigenvalue weighted by atomic mass is 10.2. The molecule has 0 aliphatic rings. The summed E-state index contributed by atoms with van der Waals surface area (Å²) in [6.45, 7) is 1.89. The van der Waals surface area contributed by atoms with Gasteiger partial charge in [0.05, 0.1) is 10.6 Å². The topological polar surface area (TPSA) is 68.0 Å². The summed E-state index contributed by atoms with van der Waals surface area (Å²) in [6, 6.07) is 9.19.